The number of nitrogens with one attached hydrogen (secondary N) is 1. The van der Waals surface area contributed by atoms with Crippen LogP contribution in [0.25, 0.3) is 0 Å². The summed E-state index contributed by atoms with van der Waals surface area (Å²) in [5, 5.41) is 3.27. The van der Waals surface area contributed by atoms with Crippen molar-refractivity contribution < 1.29 is 9.18 Å². The van der Waals surface area contributed by atoms with Gasteiger partial charge in [0.05, 0.1) is 6.04 Å². The fraction of sp³-hybridized carbons (Fsp3) is 0.533. The standard InChI is InChI=1S/C15H22FN3O/c1-4-18(3)9-10-19-14(17-11(2)15(19)20)12-5-7-13(16)8-6-12/h5-8,11,14,17H,4,9-10H2,1-3H3. The summed E-state index contributed by atoms with van der Waals surface area (Å²) in [5.41, 5.74) is 0.920. The monoisotopic (exact) mass is 279 g/mol. The maximum Gasteiger partial charge on any atom is 0.241 e. The summed E-state index contributed by atoms with van der Waals surface area (Å²) in [5.74, 6) is -0.160. The van der Waals surface area contributed by atoms with Gasteiger partial charge in [-0.15, -0.1) is 0 Å². The Labute approximate surface area is 119 Å². The summed E-state index contributed by atoms with van der Waals surface area (Å²) < 4.78 is 13.0. The van der Waals surface area contributed by atoms with Crippen molar-refractivity contribution in [3.05, 3.63) is 35.6 Å². The molecule has 1 heterocycles. The molecule has 1 saturated heterocycles. The summed E-state index contributed by atoms with van der Waals surface area (Å²) in [6.45, 7) is 6.40. The Morgan fingerprint density at radius 1 is 1.35 bits per heavy atom. The largest absolute Gasteiger partial charge is 0.320 e. The van der Waals surface area contributed by atoms with Gasteiger partial charge in [0.1, 0.15) is 12.0 Å². The van der Waals surface area contributed by atoms with Gasteiger partial charge in [0.2, 0.25) is 5.91 Å². The fourth-order valence-corrected chi connectivity index (χ4v) is 2.37. The van der Waals surface area contributed by atoms with Crippen LogP contribution in [0, 0.1) is 5.82 Å². The Balaban J connectivity index is 2.13. The molecule has 110 valence electrons. The van der Waals surface area contributed by atoms with Gasteiger partial charge in [-0.05, 0) is 38.2 Å². The molecule has 4 nitrogen and oxygen atoms in total. The van der Waals surface area contributed by atoms with Crippen molar-refractivity contribution in [2.45, 2.75) is 26.1 Å². The lowest BCUT2D eigenvalue weighted by atomic mass is 10.1. The van der Waals surface area contributed by atoms with Gasteiger partial charge in [-0.3, -0.25) is 10.1 Å². The molecule has 1 N–H and O–H groups in total. The lowest BCUT2D eigenvalue weighted by Crippen LogP contribution is -2.37. The fourth-order valence-electron chi connectivity index (χ4n) is 2.37. The van der Waals surface area contributed by atoms with E-state index in [-0.39, 0.29) is 23.9 Å². The maximum absolute atomic E-state index is 13.0. The molecule has 0 saturated carbocycles. The summed E-state index contributed by atoms with van der Waals surface area (Å²) in [7, 11) is 2.03. The van der Waals surface area contributed by atoms with Gasteiger partial charge in [-0.1, -0.05) is 19.1 Å². The second kappa shape index (κ2) is 6.33. The third kappa shape index (κ3) is 3.16. The van der Waals surface area contributed by atoms with Gasteiger partial charge in [-0.2, -0.15) is 0 Å². The maximum atomic E-state index is 13.0. The lowest BCUT2D eigenvalue weighted by Gasteiger charge is -2.26. The highest BCUT2D eigenvalue weighted by molar-refractivity contribution is 5.84. The van der Waals surface area contributed by atoms with Gasteiger partial charge < -0.3 is 9.80 Å². The smallest absolute Gasteiger partial charge is 0.241 e. The number of halogens is 1. The summed E-state index contributed by atoms with van der Waals surface area (Å²) in [4.78, 5) is 16.2. The van der Waals surface area contributed by atoms with E-state index in [1.54, 1.807) is 12.1 Å². The highest BCUT2D eigenvalue weighted by Gasteiger charge is 2.36. The van der Waals surface area contributed by atoms with E-state index in [0.717, 1.165) is 18.7 Å². The molecule has 5 heteroatoms. The normalized spacial score (nSPS) is 22.9. The Bertz CT molecular complexity index is 463. The summed E-state index contributed by atoms with van der Waals surface area (Å²) in [6, 6.07) is 6.13. The second-order valence-corrected chi connectivity index (χ2v) is 5.27. The van der Waals surface area contributed by atoms with Crippen LogP contribution in [0.3, 0.4) is 0 Å². The number of nitrogens with zero attached hydrogens (tertiary/aromatic N) is 2. The summed E-state index contributed by atoms with van der Waals surface area (Å²) in [6.07, 6.45) is -0.164. The van der Waals surface area contributed by atoms with Gasteiger partial charge in [-0.25, -0.2) is 4.39 Å². The van der Waals surface area contributed by atoms with E-state index in [1.165, 1.54) is 12.1 Å². The van der Waals surface area contributed by atoms with Crippen LogP contribution in [0.4, 0.5) is 4.39 Å². The number of rotatable bonds is 5. The van der Waals surface area contributed by atoms with Crippen LogP contribution in [-0.4, -0.2) is 48.4 Å². The van der Waals surface area contributed by atoms with Crippen molar-refractivity contribution in [2.75, 3.05) is 26.7 Å². The van der Waals surface area contributed by atoms with E-state index in [0.29, 0.717) is 6.54 Å². The van der Waals surface area contributed by atoms with E-state index >= 15 is 0 Å². The van der Waals surface area contributed by atoms with Crippen LogP contribution in [-0.2, 0) is 4.79 Å². The highest BCUT2D eigenvalue weighted by atomic mass is 19.1. The van der Waals surface area contributed by atoms with Crippen LogP contribution in [0.1, 0.15) is 25.6 Å². The number of amides is 1. The molecule has 2 rings (SSSR count). The van der Waals surface area contributed by atoms with Crippen molar-refractivity contribution in [3.8, 4) is 0 Å². The molecule has 1 fully saturated rings. The molecule has 2 unspecified atom stereocenters. The molecule has 0 bridgehead atoms. The SMILES string of the molecule is CCN(C)CCN1C(=O)C(C)NC1c1ccc(F)cc1. The highest BCUT2D eigenvalue weighted by Crippen LogP contribution is 2.25. The molecule has 1 aliphatic heterocycles. The molecule has 1 aliphatic rings. The predicted molar refractivity (Wildman–Crippen MR) is 76.6 cm³/mol. The predicted octanol–water partition coefficient (Wildman–Crippen LogP) is 1.60. The van der Waals surface area contributed by atoms with Gasteiger partial charge >= 0.3 is 0 Å². The lowest BCUT2D eigenvalue weighted by molar-refractivity contribution is -0.130. The van der Waals surface area contributed by atoms with Crippen LogP contribution in [0.2, 0.25) is 0 Å². The molecule has 0 aromatic heterocycles. The van der Waals surface area contributed by atoms with Crippen LogP contribution < -0.4 is 5.32 Å². The van der Waals surface area contributed by atoms with Crippen molar-refractivity contribution in [1.29, 1.82) is 0 Å². The molecule has 20 heavy (non-hydrogen) atoms. The zero-order chi connectivity index (χ0) is 14.7. The Hall–Kier alpha value is -1.46. The first kappa shape index (κ1) is 14.9. The first-order chi connectivity index (χ1) is 9.52. The third-order valence-electron chi connectivity index (χ3n) is 3.82. The zero-order valence-corrected chi connectivity index (χ0v) is 12.3. The number of carbonyl (C=O) groups excluding carboxylic acids is 1. The minimum Gasteiger partial charge on any atom is -0.320 e. The molecule has 1 aromatic carbocycles. The number of carbonyl (C=O) groups is 1. The Morgan fingerprint density at radius 2 is 2.00 bits per heavy atom. The molecule has 2 atom stereocenters. The molecular formula is C15H22FN3O. The number of benzene rings is 1. The molecule has 1 amide bonds. The average molecular weight is 279 g/mol. The van der Waals surface area contributed by atoms with Crippen molar-refractivity contribution in [3.63, 3.8) is 0 Å². The first-order valence-corrected chi connectivity index (χ1v) is 7.03. The quantitative estimate of drug-likeness (QED) is 0.889. The van der Waals surface area contributed by atoms with Gasteiger partial charge in [0.15, 0.2) is 0 Å². The summed E-state index contributed by atoms with van der Waals surface area (Å²) >= 11 is 0. The molecule has 0 aliphatic carbocycles. The first-order valence-electron chi connectivity index (χ1n) is 7.03. The molecular weight excluding hydrogens is 257 g/mol. The van der Waals surface area contributed by atoms with Gasteiger partial charge in [0.25, 0.3) is 0 Å². The van der Waals surface area contributed by atoms with E-state index < -0.39 is 0 Å². The Morgan fingerprint density at radius 3 is 2.60 bits per heavy atom. The number of likely N-dealkylation sites (N-methyl/N-ethyl adjacent to an activating group) is 1. The van der Waals surface area contributed by atoms with Crippen molar-refractivity contribution in [2.24, 2.45) is 0 Å². The van der Waals surface area contributed by atoms with E-state index in [1.807, 2.05) is 18.9 Å². The van der Waals surface area contributed by atoms with Crippen LogP contribution >= 0.6 is 0 Å². The Kier molecular flexibility index (Phi) is 4.73. The van der Waals surface area contributed by atoms with Crippen molar-refractivity contribution >= 4 is 5.91 Å². The minimum absolute atomic E-state index is 0.101. The van der Waals surface area contributed by atoms with E-state index in [9.17, 15) is 9.18 Å². The van der Waals surface area contributed by atoms with E-state index in [4.69, 9.17) is 0 Å². The third-order valence-corrected chi connectivity index (χ3v) is 3.82. The van der Waals surface area contributed by atoms with E-state index in [2.05, 4.69) is 17.1 Å². The average Bonchev–Trinajstić information content (AvgIpc) is 2.73. The van der Waals surface area contributed by atoms with Crippen molar-refractivity contribution in [1.82, 2.24) is 15.1 Å². The van der Waals surface area contributed by atoms with Crippen LogP contribution in [0.15, 0.2) is 24.3 Å². The zero-order valence-electron chi connectivity index (χ0n) is 12.3. The topological polar surface area (TPSA) is 35.6 Å². The van der Waals surface area contributed by atoms with Crippen LogP contribution in [0.5, 0.6) is 0 Å². The number of hydrogen-bond acceptors (Lipinski definition) is 3. The molecule has 0 spiro atoms. The van der Waals surface area contributed by atoms with Gasteiger partial charge in [0, 0.05) is 13.1 Å². The minimum atomic E-state index is -0.261. The second-order valence-electron chi connectivity index (χ2n) is 5.27. The number of hydrogen-bond donors (Lipinski definition) is 1. The molecule has 0 radical (unpaired) electrons. The molecule has 1 aromatic rings.